The molecule has 1 unspecified atom stereocenters. The van der Waals surface area contributed by atoms with Crippen LogP contribution in [-0.4, -0.2) is 35.1 Å². The monoisotopic (exact) mass is 325 g/mol. The third kappa shape index (κ3) is 3.37. The molecule has 0 aromatic heterocycles. The van der Waals surface area contributed by atoms with Crippen LogP contribution in [0.5, 0.6) is 0 Å². The number of aryl methyl sites for hydroxylation is 1. The van der Waals surface area contributed by atoms with Crippen molar-refractivity contribution in [2.75, 3.05) is 13.2 Å². The lowest BCUT2D eigenvalue weighted by Gasteiger charge is -2.25. The Morgan fingerprint density at radius 3 is 3.05 bits per heavy atom. The van der Waals surface area contributed by atoms with Crippen molar-refractivity contribution in [3.63, 3.8) is 0 Å². The molecule has 1 amide bonds. The smallest absolute Gasteiger partial charge is 0.254 e. The van der Waals surface area contributed by atoms with E-state index in [0.717, 1.165) is 47.8 Å². The van der Waals surface area contributed by atoms with Gasteiger partial charge in [-0.2, -0.15) is 0 Å². The minimum atomic E-state index is 0.124. The van der Waals surface area contributed by atoms with Gasteiger partial charge in [0, 0.05) is 29.2 Å². The quantitative estimate of drug-likeness (QED) is 0.923. The third-order valence-corrected chi connectivity index (χ3v) is 4.26. The summed E-state index contributed by atoms with van der Waals surface area (Å²) in [5.41, 5.74) is 1.80. The van der Waals surface area contributed by atoms with Crippen molar-refractivity contribution in [3.8, 4) is 0 Å². The number of benzene rings is 1. The van der Waals surface area contributed by atoms with Gasteiger partial charge in [-0.1, -0.05) is 22.0 Å². The van der Waals surface area contributed by atoms with Crippen LogP contribution in [0.4, 0.5) is 0 Å². The molecular formula is C15H20BrNO2. The number of aliphatic hydroxyl groups is 1. The first-order valence-electron chi connectivity index (χ1n) is 6.81. The lowest BCUT2D eigenvalue weighted by atomic mass is 10.1. The summed E-state index contributed by atoms with van der Waals surface area (Å²) in [5.74, 6) is 0.124. The Labute approximate surface area is 122 Å². The van der Waals surface area contributed by atoms with Gasteiger partial charge in [-0.3, -0.25) is 4.79 Å². The van der Waals surface area contributed by atoms with E-state index < -0.39 is 0 Å². The van der Waals surface area contributed by atoms with Gasteiger partial charge in [-0.05, 0) is 50.3 Å². The van der Waals surface area contributed by atoms with E-state index in [0.29, 0.717) is 0 Å². The fraction of sp³-hybridized carbons (Fsp3) is 0.533. The first-order valence-corrected chi connectivity index (χ1v) is 7.60. The summed E-state index contributed by atoms with van der Waals surface area (Å²) in [5, 5.41) is 8.94. The molecule has 1 atom stereocenters. The minimum absolute atomic E-state index is 0.124. The fourth-order valence-corrected chi connectivity index (χ4v) is 3.07. The highest BCUT2D eigenvalue weighted by atomic mass is 79.9. The Kier molecular flexibility index (Phi) is 4.99. The van der Waals surface area contributed by atoms with Gasteiger partial charge in [0.2, 0.25) is 0 Å². The van der Waals surface area contributed by atoms with Crippen LogP contribution >= 0.6 is 15.9 Å². The molecule has 0 saturated carbocycles. The molecule has 2 rings (SSSR count). The predicted octanol–water partition coefficient (Wildman–Crippen LogP) is 3.13. The van der Waals surface area contributed by atoms with Crippen molar-refractivity contribution in [1.82, 2.24) is 4.90 Å². The molecule has 0 spiro atoms. The SMILES string of the molecule is Cc1ccc(Br)cc1C(=O)N1CCCC1CCCO. The molecule has 1 aromatic rings. The zero-order valence-electron chi connectivity index (χ0n) is 11.2. The molecule has 0 aliphatic carbocycles. The fourth-order valence-electron chi connectivity index (χ4n) is 2.71. The van der Waals surface area contributed by atoms with Crippen LogP contribution in [0.2, 0.25) is 0 Å². The number of rotatable bonds is 4. The Morgan fingerprint density at radius 2 is 2.32 bits per heavy atom. The average Bonchev–Trinajstić information content (AvgIpc) is 2.86. The number of hydrogen-bond acceptors (Lipinski definition) is 2. The molecule has 1 saturated heterocycles. The summed E-state index contributed by atoms with van der Waals surface area (Å²) < 4.78 is 0.938. The summed E-state index contributed by atoms with van der Waals surface area (Å²) >= 11 is 3.43. The third-order valence-electron chi connectivity index (χ3n) is 3.76. The Bertz CT molecular complexity index is 461. The molecule has 1 aliphatic rings. The highest BCUT2D eigenvalue weighted by Crippen LogP contribution is 2.25. The summed E-state index contributed by atoms with van der Waals surface area (Å²) in [6.45, 7) is 3.01. The maximum atomic E-state index is 12.6. The molecule has 1 N–H and O–H groups in total. The van der Waals surface area contributed by atoms with E-state index in [4.69, 9.17) is 5.11 Å². The van der Waals surface area contributed by atoms with Gasteiger partial charge in [0.05, 0.1) is 0 Å². The number of carbonyl (C=O) groups is 1. The van der Waals surface area contributed by atoms with Gasteiger partial charge in [0.25, 0.3) is 5.91 Å². The maximum Gasteiger partial charge on any atom is 0.254 e. The molecule has 4 heteroatoms. The Hall–Kier alpha value is -0.870. The molecule has 1 aliphatic heterocycles. The predicted molar refractivity (Wildman–Crippen MR) is 79.3 cm³/mol. The van der Waals surface area contributed by atoms with Crippen LogP contribution in [0.25, 0.3) is 0 Å². The van der Waals surface area contributed by atoms with Crippen molar-refractivity contribution in [1.29, 1.82) is 0 Å². The highest BCUT2D eigenvalue weighted by Gasteiger charge is 2.29. The molecule has 104 valence electrons. The van der Waals surface area contributed by atoms with Gasteiger partial charge in [0.15, 0.2) is 0 Å². The van der Waals surface area contributed by atoms with E-state index in [-0.39, 0.29) is 18.6 Å². The van der Waals surface area contributed by atoms with E-state index >= 15 is 0 Å². The molecule has 3 nitrogen and oxygen atoms in total. The molecule has 1 fully saturated rings. The van der Waals surface area contributed by atoms with Crippen LogP contribution in [-0.2, 0) is 0 Å². The van der Waals surface area contributed by atoms with Crippen molar-refractivity contribution in [2.24, 2.45) is 0 Å². The average molecular weight is 326 g/mol. The van der Waals surface area contributed by atoms with Crippen molar-refractivity contribution < 1.29 is 9.90 Å². The summed E-state index contributed by atoms with van der Waals surface area (Å²) in [7, 11) is 0. The number of halogens is 1. The summed E-state index contributed by atoms with van der Waals surface area (Å²) in [6, 6.07) is 6.12. The van der Waals surface area contributed by atoms with Crippen molar-refractivity contribution in [2.45, 2.75) is 38.6 Å². The largest absolute Gasteiger partial charge is 0.396 e. The number of amides is 1. The van der Waals surface area contributed by atoms with Crippen LogP contribution in [0.1, 0.15) is 41.6 Å². The summed E-state index contributed by atoms with van der Waals surface area (Å²) in [4.78, 5) is 14.6. The number of hydrogen-bond donors (Lipinski definition) is 1. The molecule has 19 heavy (non-hydrogen) atoms. The standard InChI is InChI=1S/C15H20BrNO2/c1-11-6-7-12(16)10-14(11)15(19)17-8-2-4-13(17)5-3-9-18/h6-7,10,13,18H,2-5,8-9H2,1H3. The van der Waals surface area contributed by atoms with Crippen LogP contribution in [0.15, 0.2) is 22.7 Å². The second-order valence-corrected chi connectivity index (χ2v) is 6.04. The molecule has 0 radical (unpaired) electrons. The van der Waals surface area contributed by atoms with E-state index in [2.05, 4.69) is 15.9 Å². The first kappa shape index (κ1) is 14.5. The zero-order valence-corrected chi connectivity index (χ0v) is 12.8. The van der Waals surface area contributed by atoms with E-state index in [1.807, 2.05) is 30.0 Å². The lowest BCUT2D eigenvalue weighted by molar-refractivity contribution is 0.0723. The Balaban J connectivity index is 2.16. The molecular weight excluding hydrogens is 306 g/mol. The van der Waals surface area contributed by atoms with Gasteiger partial charge in [0.1, 0.15) is 0 Å². The van der Waals surface area contributed by atoms with Crippen molar-refractivity contribution in [3.05, 3.63) is 33.8 Å². The number of aliphatic hydroxyl groups excluding tert-OH is 1. The van der Waals surface area contributed by atoms with Crippen molar-refractivity contribution >= 4 is 21.8 Å². The van der Waals surface area contributed by atoms with Crippen LogP contribution in [0.3, 0.4) is 0 Å². The molecule has 1 aromatic carbocycles. The number of nitrogens with zero attached hydrogens (tertiary/aromatic N) is 1. The topological polar surface area (TPSA) is 40.5 Å². The second kappa shape index (κ2) is 6.53. The normalized spacial score (nSPS) is 18.9. The molecule has 0 bridgehead atoms. The zero-order chi connectivity index (χ0) is 13.8. The van der Waals surface area contributed by atoms with Crippen LogP contribution in [0, 0.1) is 6.92 Å². The molecule has 1 heterocycles. The van der Waals surface area contributed by atoms with E-state index in [1.165, 1.54) is 0 Å². The highest BCUT2D eigenvalue weighted by molar-refractivity contribution is 9.10. The number of likely N-dealkylation sites (tertiary alicyclic amines) is 1. The van der Waals surface area contributed by atoms with E-state index in [1.54, 1.807) is 0 Å². The maximum absolute atomic E-state index is 12.6. The van der Waals surface area contributed by atoms with Gasteiger partial charge < -0.3 is 10.0 Å². The van der Waals surface area contributed by atoms with Crippen LogP contribution < -0.4 is 0 Å². The lowest BCUT2D eigenvalue weighted by Crippen LogP contribution is -2.36. The van der Waals surface area contributed by atoms with Gasteiger partial charge in [-0.15, -0.1) is 0 Å². The summed E-state index contributed by atoms with van der Waals surface area (Å²) in [6.07, 6.45) is 3.79. The number of carbonyl (C=O) groups excluding carboxylic acids is 1. The minimum Gasteiger partial charge on any atom is -0.396 e. The second-order valence-electron chi connectivity index (χ2n) is 5.12. The first-order chi connectivity index (χ1) is 9.13. The van der Waals surface area contributed by atoms with Gasteiger partial charge in [-0.25, -0.2) is 0 Å². The van der Waals surface area contributed by atoms with E-state index in [9.17, 15) is 4.79 Å². The van der Waals surface area contributed by atoms with Gasteiger partial charge >= 0.3 is 0 Å². The Morgan fingerprint density at radius 1 is 1.53 bits per heavy atom.